The van der Waals surface area contributed by atoms with E-state index in [2.05, 4.69) is 37.5 Å². The lowest BCUT2D eigenvalue weighted by Crippen LogP contribution is -2.34. The predicted octanol–water partition coefficient (Wildman–Crippen LogP) is 6.44. The molecule has 0 radical (unpaired) electrons. The van der Waals surface area contributed by atoms with Crippen molar-refractivity contribution in [3.63, 3.8) is 0 Å². The molecule has 4 rings (SSSR count). The third kappa shape index (κ3) is 4.28. The molecule has 0 spiro atoms. The zero-order valence-electron chi connectivity index (χ0n) is 18.6. The van der Waals surface area contributed by atoms with Crippen molar-refractivity contribution >= 4 is 50.3 Å². The number of thiocarbonyl (C=S) groups is 1. The minimum absolute atomic E-state index is 0.212. The molecule has 1 unspecified atom stereocenters. The van der Waals surface area contributed by atoms with E-state index < -0.39 is 0 Å². The van der Waals surface area contributed by atoms with Gasteiger partial charge in [-0.05, 0) is 65.2 Å². The van der Waals surface area contributed by atoms with E-state index in [1.165, 1.54) is 4.88 Å². The van der Waals surface area contributed by atoms with Crippen LogP contribution in [0, 0.1) is 22.7 Å². The largest absolute Gasteiger partial charge is 0.323 e. The molecule has 0 fully saturated rings. The first kappa shape index (κ1) is 22.4. The fraction of sp³-hybridized carbons (Fsp3) is 0.346. The smallest absolute Gasteiger partial charge is 0.258 e. The summed E-state index contributed by atoms with van der Waals surface area (Å²) >= 11 is 7.04. The first-order valence-corrected chi connectivity index (χ1v) is 12.2. The zero-order valence-corrected chi connectivity index (χ0v) is 20.3. The molecule has 0 saturated carbocycles. The van der Waals surface area contributed by atoms with Crippen LogP contribution >= 0.6 is 23.6 Å². The molecule has 0 saturated heterocycles. The van der Waals surface area contributed by atoms with Crippen LogP contribution in [0.3, 0.4) is 0 Å². The van der Waals surface area contributed by atoms with Crippen molar-refractivity contribution in [1.82, 2.24) is 5.32 Å². The number of nitrogens with zero attached hydrogens (tertiary/aromatic N) is 1. The van der Waals surface area contributed by atoms with Crippen LogP contribution < -0.4 is 10.6 Å². The second kappa shape index (κ2) is 9.01. The molecule has 1 heterocycles. The second-order valence-corrected chi connectivity index (χ2v) is 10.5. The number of carbonyl (C=O) groups excluding carboxylic acids is 1. The molecule has 1 aliphatic rings. The summed E-state index contributed by atoms with van der Waals surface area (Å²) in [6.07, 6.45) is 4.14. The van der Waals surface area contributed by atoms with Gasteiger partial charge in [-0.2, -0.15) is 5.26 Å². The van der Waals surface area contributed by atoms with Gasteiger partial charge in [-0.25, -0.2) is 0 Å². The highest BCUT2D eigenvalue weighted by molar-refractivity contribution is 7.80. The molecule has 1 aliphatic carbocycles. The quantitative estimate of drug-likeness (QED) is 0.439. The summed E-state index contributed by atoms with van der Waals surface area (Å²) in [4.78, 5) is 14.2. The maximum Gasteiger partial charge on any atom is 0.258 e. The molecule has 2 aromatic carbocycles. The van der Waals surface area contributed by atoms with E-state index in [0.717, 1.165) is 47.0 Å². The predicted molar refractivity (Wildman–Crippen MR) is 136 cm³/mol. The van der Waals surface area contributed by atoms with Gasteiger partial charge in [0, 0.05) is 10.4 Å². The number of hydrogen-bond acceptors (Lipinski definition) is 4. The number of thiophene rings is 1. The van der Waals surface area contributed by atoms with Crippen molar-refractivity contribution in [2.45, 2.75) is 46.5 Å². The van der Waals surface area contributed by atoms with Crippen molar-refractivity contribution in [2.24, 2.45) is 11.3 Å². The number of amides is 1. The summed E-state index contributed by atoms with van der Waals surface area (Å²) in [5.41, 5.74) is 2.66. The van der Waals surface area contributed by atoms with Gasteiger partial charge in [-0.3, -0.25) is 10.1 Å². The normalized spacial score (nSPS) is 15.6. The standard InChI is InChI=1S/C26H27N3OS2/c1-4-26(2,3)17-12-13-19-21(15-27)24(32-22(19)14-17)29-25(31)28-23(30)20-11-7-9-16-8-5-6-10-18(16)20/h5-11,17H,4,12-14H2,1-3H3,(H2,28,29,30,31). The minimum atomic E-state index is -0.260. The molecule has 4 nitrogen and oxygen atoms in total. The van der Waals surface area contributed by atoms with Crippen LogP contribution in [0.5, 0.6) is 0 Å². The van der Waals surface area contributed by atoms with E-state index in [1.54, 1.807) is 17.4 Å². The molecule has 6 heteroatoms. The Morgan fingerprint density at radius 2 is 2.00 bits per heavy atom. The third-order valence-corrected chi connectivity index (χ3v) is 8.26. The van der Waals surface area contributed by atoms with Gasteiger partial charge in [0.05, 0.1) is 5.56 Å². The van der Waals surface area contributed by atoms with Gasteiger partial charge in [-0.1, -0.05) is 63.6 Å². The zero-order chi connectivity index (χ0) is 22.9. The molecule has 0 aliphatic heterocycles. The lowest BCUT2D eigenvalue weighted by Gasteiger charge is -2.36. The lowest BCUT2D eigenvalue weighted by atomic mass is 9.69. The highest BCUT2D eigenvalue weighted by Crippen LogP contribution is 2.45. The lowest BCUT2D eigenvalue weighted by molar-refractivity contribution is 0.0979. The van der Waals surface area contributed by atoms with Gasteiger partial charge < -0.3 is 5.32 Å². The number of anilines is 1. The van der Waals surface area contributed by atoms with Gasteiger partial charge in [0.15, 0.2) is 5.11 Å². The Balaban J connectivity index is 1.52. The Hall–Kier alpha value is -2.75. The van der Waals surface area contributed by atoms with Gasteiger partial charge >= 0.3 is 0 Å². The first-order valence-electron chi connectivity index (χ1n) is 11.0. The number of benzene rings is 2. The Morgan fingerprint density at radius 1 is 1.25 bits per heavy atom. The van der Waals surface area contributed by atoms with Crippen LogP contribution in [0.2, 0.25) is 0 Å². The van der Waals surface area contributed by atoms with Crippen molar-refractivity contribution < 1.29 is 4.79 Å². The average Bonchev–Trinajstić information content (AvgIpc) is 3.14. The molecular formula is C26H27N3OS2. The van der Waals surface area contributed by atoms with Crippen LogP contribution in [0.25, 0.3) is 10.8 Å². The number of nitrogens with one attached hydrogen (secondary N) is 2. The Bertz CT molecular complexity index is 1230. The van der Waals surface area contributed by atoms with E-state index in [-0.39, 0.29) is 16.4 Å². The highest BCUT2D eigenvalue weighted by atomic mass is 32.1. The molecule has 1 atom stereocenters. The Labute approximate surface area is 198 Å². The van der Waals surface area contributed by atoms with Crippen LogP contribution in [0.15, 0.2) is 42.5 Å². The number of carbonyl (C=O) groups is 1. The summed E-state index contributed by atoms with van der Waals surface area (Å²) in [6.45, 7) is 6.91. The van der Waals surface area contributed by atoms with Crippen LogP contribution in [0.4, 0.5) is 5.00 Å². The van der Waals surface area contributed by atoms with E-state index in [4.69, 9.17) is 12.2 Å². The van der Waals surface area contributed by atoms with Crippen LogP contribution in [-0.2, 0) is 12.8 Å². The summed E-state index contributed by atoms with van der Waals surface area (Å²) < 4.78 is 0. The number of nitriles is 1. The van der Waals surface area contributed by atoms with E-state index >= 15 is 0 Å². The number of fused-ring (bicyclic) bond motifs is 2. The second-order valence-electron chi connectivity index (χ2n) is 9.04. The summed E-state index contributed by atoms with van der Waals surface area (Å²) in [7, 11) is 0. The molecule has 0 bridgehead atoms. The van der Waals surface area contributed by atoms with Gasteiger partial charge in [0.25, 0.3) is 5.91 Å². The number of rotatable bonds is 4. The summed E-state index contributed by atoms with van der Waals surface area (Å²) in [5.74, 6) is 0.347. The fourth-order valence-electron chi connectivity index (χ4n) is 4.48. The van der Waals surface area contributed by atoms with Crippen molar-refractivity contribution in [3.05, 3.63) is 64.0 Å². The summed E-state index contributed by atoms with van der Waals surface area (Å²) in [5, 5.41) is 18.6. The minimum Gasteiger partial charge on any atom is -0.323 e. The Morgan fingerprint density at radius 3 is 2.75 bits per heavy atom. The van der Waals surface area contributed by atoms with Gasteiger partial charge in [0.1, 0.15) is 11.1 Å². The maximum atomic E-state index is 12.9. The first-order chi connectivity index (χ1) is 15.3. The third-order valence-electron chi connectivity index (χ3n) is 6.88. The van der Waals surface area contributed by atoms with Crippen LogP contribution in [0.1, 0.15) is 60.0 Å². The fourth-order valence-corrected chi connectivity index (χ4v) is 6.02. The molecular weight excluding hydrogens is 434 g/mol. The Kier molecular flexibility index (Phi) is 6.32. The van der Waals surface area contributed by atoms with E-state index in [0.29, 0.717) is 17.0 Å². The molecule has 2 N–H and O–H groups in total. The molecule has 32 heavy (non-hydrogen) atoms. The van der Waals surface area contributed by atoms with E-state index in [9.17, 15) is 10.1 Å². The van der Waals surface area contributed by atoms with Crippen molar-refractivity contribution in [3.8, 4) is 6.07 Å². The molecule has 3 aromatic rings. The maximum absolute atomic E-state index is 12.9. The molecule has 1 amide bonds. The topological polar surface area (TPSA) is 64.9 Å². The van der Waals surface area contributed by atoms with E-state index in [1.807, 2.05) is 36.4 Å². The highest BCUT2D eigenvalue weighted by Gasteiger charge is 2.34. The van der Waals surface area contributed by atoms with Crippen molar-refractivity contribution in [2.75, 3.05) is 5.32 Å². The van der Waals surface area contributed by atoms with Gasteiger partial charge in [-0.15, -0.1) is 11.3 Å². The van der Waals surface area contributed by atoms with Crippen molar-refractivity contribution in [1.29, 1.82) is 5.26 Å². The van der Waals surface area contributed by atoms with Crippen LogP contribution in [-0.4, -0.2) is 11.0 Å². The molecule has 1 aromatic heterocycles. The number of hydrogen-bond donors (Lipinski definition) is 2. The monoisotopic (exact) mass is 461 g/mol. The SMILES string of the molecule is CCC(C)(C)C1CCc2c(sc(NC(=S)NC(=O)c3cccc4ccccc34)c2C#N)C1. The van der Waals surface area contributed by atoms with Gasteiger partial charge in [0.2, 0.25) is 0 Å². The average molecular weight is 462 g/mol. The molecule has 164 valence electrons. The summed E-state index contributed by atoms with van der Waals surface area (Å²) in [6, 6.07) is 15.8.